The summed E-state index contributed by atoms with van der Waals surface area (Å²) in [5.41, 5.74) is 5.80. The van der Waals surface area contributed by atoms with Gasteiger partial charge < -0.3 is 10.1 Å². The third kappa shape index (κ3) is 5.72. The van der Waals surface area contributed by atoms with E-state index in [1.165, 1.54) is 5.01 Å². The summed E-state index contributed by atoms with van der Waals surface area (Å²) in [4.78, 5) is 38.4. The van der Waals surface area contributed by atoms with Crippen molar-refractivity contribution in [2.24, 2.45) is 11.8 Å². The van der Waals surface area contributed by atoms with Crippen LogP contribution in [0.3, 0.4) is 0 Å². The molecule has 3 aromatic rings. The Morgan fingerprint density at radius 3 is 2.43 bits per heavy atom. The van der Waals surface area contributed by atoms with Crippen molar-refractivity contribution in [2.75, 3.05) is 11.6 Å². The van der Waals surface area contributed by atoms with Crippen LogP contribution in [0.5, 0.6) is 5.75 Å². The molecule has 0 aromatic heterocycles. The van der Waals surface area contributed by atoms with Crippen molar-refractivity contribution in [3.8, 4) is 5.75 Å². The van der Waals surface area contributed by atoms with Gasteiger partial charge in [-0.05, 0) is 60.7 Å². The molecule has 1 aliphatic carbocycles. The number of hydrazine groups is 1. The topological polar surface area (TPSA) is 87.7 Å². The van der Waals surface area contributed by atoms with Crippen LogP contribution in [-0.2, 0) is 22.6 Å². The number of nitrogens with one attached hydrogen (secondary N) is 2. The van der Waals surface area contributed by atoms with Gasteiger partial charge in [0.15, 0.2) is 0 Å². The predicted molar refractivity (Wildman–Crippen MR) is 141 cm³/mol. The first kappa shape index (κ1) is 24.3. The van der Waals surface area contributed by atoms with Crippen LogP contribution in [0.4, 0.5) is 5.69 Å². The number of rotatable bonds is 8. The maximum absolute atomic E-state index is 13.0. The first-order valence-corrected chi connectivity index (χ1v) is 12.5. The molecule has 7 nitrogen and oxygen atoms in total. The molecule has 0 spiro atoms. The van der Waals surface area contributed by atoms with Gasteiger partial charge >= 0.3 is 0 Å². The Labute approximate surface area is 216 Å². The second-order valence-corrected chi connectivity index (χ2v) is 9.28. The molecule has 37 heavy (non-hydrogen) atoms. The summed E-state index contributed by atoms with van der Waals surface area (Å²) in [6, 6.07) is 24.6. The Bertz CT molecular complexity index is 1300. The van der Waals surface area contributed by atoms with E-state index in [1.807, 2.05) is 66.7 Å². The Hall–Kier alpha value is -4.39. The maximum atomic E-state index is 13.0. The molecule has 1 aliphatic heterocycles. The van der Waals surface area contributed by atoms with Gasteiger partial charge in [-0.1, -0.05) is 60.7 Å². The summed E-state index contributed by atoms with van der Waals surface area (Å²) in [5.74, 6) is -0.457. The van der Waals surface area contributed by atoms with E-state index in [2.05, 4.69) is 10.7 Å². The minimum absolute atomic E-state index is 0.150. The normalized spacial score (nSPS) is 18.6. The molecule has 188 valence electrons. The van der Waals surface area contributed by atoms with E-state index in [0.717, 1.165) is 16.9 Å². The second-order valence-electron chi connectivity index (χ2n) is 9.28. The fraction of sp³-hybridized carbons (Fsp3) is 0.233. The zero-order valence-corrected chi connectivity index (χ0v) is 20.4. The van der Waals surface area contributed by atoms with Crippen molar-refractivity contribution >= 4 is 23.4 Å². The molecule has 5 rings (SSSR count). The monoisotopic (exact) mass is 495 g/mol. The molecule has 3 aromatic carbocycles. The largest absolute Gasteiger partial charge is 0.489 e. The fourth-order valence-corrected chi connectivity index (χ4v) is 4.68. The average Bonchev–Trinajstić information content (AvgIpc) is 2.95. The van der Waals surface area contributed by atoms with Crippen LogP contribution in [0, 0.1) is 11.8 Å². The van der Waals surface area contributed by atoms with Gasteiger partial charge in [0.05, 0.1) is 17.5 Å². The highest BCUT2D eigenvalue weighted by atomic mass is 16.5. The average molecular weight is 496 g/mol. The molecule has 0 radical (unpaired) electrons. The molecule has 2 aliphatic rings. The maximum Gasteiger partial charge on any atom is 0.251 e. The first-order chi connectivity index (χ1) is 18.1. The number of hydrogen-bond acceptors (Lipinski definition) is 4. The number of ether oxygens (including phenoxy) is 1. The first-order valence-electron chi connectivity index (χ1n) is 12.5. The minimum atomic E-state index is -0.369. The van der Waals surface area contributed by atoms with Crippen molar-refractivity contribution in [2.45, 2.75) is 25.9 Å². The molecule has 1 heterocycles. The number of hydrogen-bond donors (Lipinski definition) is 2. The standard InChI is InChI=1S/C30H29N3O4/c34-28(31-18-17-21-13-15-25(16-14-21)37-20-22-7-2-1-3-8-22)23-9-6-10-24(19-23)33-30(36)27-12-5-4-11-26(27)29(35)32-33/h1-10,13-16,19,26-27H,11-12,17-18,20H2,(H,31,34)(H,32,35). The lowest BCUT2D eigenvalue weighted by atomic mass is 9.80. The molecule has 1 fully saturated rings. The summed E-state index contributed by atoms with van der Waals surface area (Å²) in [7, 11) is 0. The van der Waals surface area contributed by atoms with Crippen molar-refractivity contribution < 1.29 is 19.1 Å². The molecule has 7 heteroatoms. The van der Waals surface area contributed by atoms with Crippen molar-refractivity contribution in [1.29, 1.82) is 0 Å². The lowest BCUT2D eigenvalue weighted by molar-refractivity contribution is -0.139. The minimum Gasteiger partial charge on any atom is -0.489 e. The summed E-state index contributed by atoms with van der Waals surface area (Å²) in [6.45, 7) is 0.975. The van der Waals surface area contributed by atoms with E-state index in [1.54, 1.807) is 24.3 Å². The highest BCUT2D eigenvalue weighted by Gasteiger charge is 2.42. The van der Waals surface area contributed by atoms with Crippen LogP contribution >= 0.6 is 0 Å². The predicted octanol–water partition coefficient (Wildman–Crippen LogP) is 4.20. The number of carbonyl (C=O) groups is 3. The van der Waals surface area contributed by atoms with Gasteiger partial charge in [-0.15, -0.1) is 0 Å². The van der Waals surface area contributed by atoms with Crippen LogP contribution in [-0.4, -0.2) is 24.3 Å². The number of carbonyl (C=O) groups excluding carboxylic acids is 3. The summed E-state index contributed by atoms with van der Waals surface area (Å²) in [5, 5.41) is 4.21. The Morgan fingerprint density at radius 1 is 0.892 bits per heavy atom. The molecule has 2 N–H and O–H groups in total. The van der Waals surface area contributed by atoms with E-state index in [9.17, 15) is 14.4 Å². The zero-order valence-electron chi connectivity index (χ0n) is 20.4. The molecule has 3 amide bonds. The second kappa shape index (κ2) is 11.1. The summed E-state index contributed by atoms with van der Waals surface area (Å²) in [6.07, 6.45) is 5.69. The van der Waals surface area contributed by atoms with E-state index < -0.39 is 0 Å². The fourth-order valence-electron chi connectivity index (χ4n) is 4.68. The molecule has 0 saturated carbocycles. The number of allylic oxidation sites excluding steroid dienone is 2. The quantitative estimate of drug-likeness (QED) is 0.459. The molecule has 2 atom stereocenters. The van der Waals surface area contributed by atoms with Gasteiger partial charge in [-0.3, -0.25) is 19.8 Å². The Kier molecular flexibility index (Phi) is 7.31. The van der Waals surface area contributed by atoms with Gasteiger partial charge in [0.25, 0.3) is 5.91 Å². The number of amides is 3. The van der Waals surface area contributed by atoms with Crippen LogP contribution in [0.2, 0.25) is 0 Å². The lowest BCUT2D eigenvalue weighted by Gasteiger charge is -2.38. The van der Waals surface area contributed by atoms with Crippen LogP contribution < -0.4 is 20.5 Å². The summed E-state index contributed by atoms with van der Waals surface area (Å²) >= 11 is 0. The van der Waals surface area contributed by atoms with Crippen LogP contribution in [0.1, 0.15) is 34.3 Å². The number of fused-ring (bicyclic) bond motifs is 1. The van der Waals surface area contributed by atoms with Crippen LogP contribution in [0.15, 0.2) is 91.0 Å². The highest BCUT2D eigenvalue weighted by Crippen LogP contribution is 2.32. The molecular formula is C30H29N3O4. The van der Waals surface area contributed by atoms with Crippen molar-refractivity contribution in [3.63, 3.8) is 0 Å². The highest BCUT2D eigenvalue weighted by molar-refractivity contribution is 6.05. The number of benzene rings is 3. The van der Waals surface area contributed by atoms with E-state index in [4.69, 9.17) is 4.74 Å². The van der Waals surface area contributed by atoms with Gasteiger partial charge in [0.1, 0.15) is 12.4 Å². The van der Waals surface area contributed by atoms with E-state index in [-0.39, 0.29) is 29.6 Å². The SMILES string of the molecule is O=C(NCCc1ccc(OCc2ccccc2)cc1)c1cccc(N2NC(=O)C3CC=CCC3C2=O)c1. The Morgan fingerprint density at radius 2 is 1.65 bits per heavy atom. The number of anilines is 1. The summed E-state index contributed by atoms with van der Waals surface area (Å²) < 4.78 is 5.83. The third-order valence-corrected chi connectivity index (χ3v) is 6.77. The van der Waals surface area contributed by atoms with E-state index in [0.29, 0.717) is 43.7 Å². The van der Waals surface area contributed by atoms with Gasteiger partial charge in [-0.25, -0.2) is 5.01 Å². The zero-order chi connectivity index (χ0) is 25.6. The van der Waals surface area contributed by atoms with Crippen molar-refractivity contribution in [1.82, 2.24) is 10.7 Å². The van der Waals surface area contributed by atoms with Gasteiger partial charge in [-0.2, -0.15) is 0 Å². The van der Waals surface area contributed by atoms with Crippen molar-refractivity contribution in [3.05, 3.63) is 108 Å². The van der Waals surface area contributed by atoms with Crippen LogP contribution in [0.25, 0.3) is 0 Å². The van der Waals surface area contributed by atoms with E-state index >= 15 is 0 Å². The number of nitrogens with zero attached hydrogens (tertiary/aromatic N) is 1. The smallest absolute Gasteiger partial charge is 0.251 e. The third-order valence-electron chi connectivity index (χ3n) is 6.77. The lowest BCUT2D eigenvalue weighted by Crippen LogP contribution is -2.59. The molecular weight excluding hydrogens is 466 g/mol. The molecule has 2 unspecified atom stereocenters. The Balaban J connectivity index is 1.14. The van der Waals surface area contributed by atoms with Gasteiger partial charge in [0, 0.05) is 12.1 Å². The molecule has 1 saturated heterocycles. The van der Waals surface area contributed by atoms with Gasteiger partial charge in [0.2, 0.25) is 11.8 Å². The molecule has 0 bridgehead atoms.